The highest BCUT2D eigenvalue weighted by Gasteiger charge is 2.06. The van der Waals surface area contributed by atoms with E-state index in [1.54, 1.807) is 36.4 Å². The van der Waals surface area contributed by atoms with E-state index in [4.69, 9.17) is 0 Å². The monoisotopic (exact) mass is 278 g/mol. The van der Waals surface area contributed by atoms with Crippen LogP contribution >= 0.6 is 11.8 Å². The molecule has 19 heavy (non-hydrogen) atoms. The maximum absolute atomic E-state index is 12.2. The highest BCUT2D eigenvalue weighted by Crippen LogP contribution is 2.28. The summed E-state index contributed by atoms with van der Waals surface area (Å²) in [5, 5.41) is 0. The van der Waals surface area contributed by atoms with Gasteiger partial charge in [0.2, 0.25) is 0 Å². The quantitative estimate of drug-likeness (QED) is 0.586. The molecule has 98 valence electrons. The summed E-state index contributed by atoms with van der Waals surface area (Å²) in [7, 11) is 0. The van der Waals surface area contributed by atoms with Crippen LogP contribution in [0.1, 0.15) is 17.3 Å². The van der Waals surface area contributed by atoms with Crippen molar-refractivity contribution >= 4 is 17.5 Å². The van der Waals surface area contributed by atoms with Gasteiger partial charge in [-0.25, -0.2) is 0 Å². The molecule has 0 aromatic heterocycles. The van der Waals surface area contributed by atoms with Crippen LogP contribution in [0.2, 0.25) is 0 Å². The zero-order chi connectivity index (χ0) is 13.8. The Kier molecular flexibility index (Phi) is 4.32. The van der Waals surface area contributed by atoms with Crippen LogP contribution < -0.4 is 0 Å². The first-order chi connectivity index (χ1) is 9.06. The average molecular weight is 278 g/mol. The topological polar surface area (TPSA) is 17.1 Å². The number of carbonyl (C=O) groups excluding carboxylic acids is 1. The third-order valence-electron chi connectivity index (χ3n) is 2.68. The molecule has 0 saturated heterocycles. The van der Waals surface area contributed by atoms with E-state index in [0.717, 1.165) is 11.1 Å². The fourth-order valence-electron chi connectivity index (χ4n) is 1.75. The molecular weight excluding hydrogens is 266 g/mol. The van der Waals surface area contributed by atoms with Crippen molar-refractivity contribution in [1.29, 1.82) is 0 Å². The Morgan fingerprint density at radius 3 is 2.32 bits per heavy atom. The molecule has 1 nitrogen and oxygen atoms in total. The molecule has 0 unspecified atom stereocenters. The van der Waals surface area contributed by atoms with E-state index >= 15 is 0 Å². The van der Waals surface area contributed by atoms with Crippen LogP contribution in [-0.4, -0.2) is 11.5 Å². The molecule has 2 aromatic carbocycles. The number of thioether (sulfide) groups is 1. The Hall–Kier alpha value is -1.68. The number of Topliss-reactive ketones (excluding diaryl/α,β-unsaturated/α-hetero) is 1. The minimum atomic E-state index is -2.41. The molecule has 0 fully saturated rings. The van der Waals surface area contributed by atoms with E-state index in [0.29, 0.717) is 22.2 Å². The van der Waals surface area contributed by atoms with E-state index < -0.39 is 5.76 Å². The smallest absolute Gasteiger partial charge is 0.288 e. The summed E-state index contributed by atoms with van der Waals surface area (Å²) in [5.74, 6) is -2.40. The lowest BCUT2D eigenvalue weighted by Crippen LogP contribution is -1.91. The van der Waals surface area contributed by atoms with E-state index in [-0.39, 0.29) is 5.78 Å². The van der Waals surface area contributed by atoms with Crippen LogP contribution in [0.15, 0.2) is 53.4 Å². The molecule has 0 N–H and O–H groups in total. The highest BCUT2D eigenvalue weighted by atomic mass is 32.2. The second kappa shape index (κ2) is 5.97. The highest BCUT2D eigenvalue weighted by molar-refractivity contribution is 7.99. The average Bonchev–Trinajstić information content (AvgIpc) is 2.39. The molecule has 2 rings (SSSR count). The fraction of sp³-hybridized carbons (Fsp3) is 0.133. The van der Waals surface area contributed by atoms with Crippen molar-refractivity contribution in [3.05, 3.63) is 54.1 Å². The summed E-state index contributed by atoms with van der Waals surface area (Å²) in [5.41, 5.74) is 2.45. The number of hydrogen-bond donors (Lipinski definition) is 0. The molecular formula is C15H12F2OS. The van der Waals surface area contributed by atoms with Crippen LogP contribution in [-0.2, 0) is 0 Å². The lowest BCUT2D eigenvalue weighted by Gasteiger charge is -2.05. The van der Waals surface area contributed by atoms with Crippen molar-refractivity contribution in [3.8, 4) is 11.1 Å². The predicted molar refractivity (Wildman–Crippen MR) is 73.7 cm³/mol. The molecule has 2 aromatic rings. The van der Waals surface area contributed by atoms with Crippen molar-refractivity contribution in [2.75, 3.05) is 0 Å². The molecule has 0 saturated carbocycles. The zero-order valence-electron chi connectivity index (χ0n) is 10.3. The number of hydrogen-bond acceptors (Lipinski definition) is 2. The van der Waals surface area contributed by atoms with Crippen molar-refractivity contribution in [2.45, 2.75) is 17.6 Å². The van der Waals surface area contributed by atoms with E-state index in [1.165, 1.54) is 6.92 Å². The molecule has 4 heteroatoms. The third-order valence-corrected chi connectivity index (χ3v) is 3.40. The summed E-state index contributed by atoms with van der Waals surface area (Å²) in [6, 6.07) is 14.1. The lowest BCUT2D eigenvalue weighted by molar-refractivity contribution is 0.101. The van der Waals surface area contributed by atoms with Crippen molar-refractivity contribution in [3.63, 3.8) is 0 Å². The number of carbonyl (C=O) groups is 1. The number of halogens is 2. The maximum atomic E-state index is 12.2. The number of rotatable bonds is 4. The first kappa shape index (κ1) is 13.7. The number of alkyl halides is 2. The largest absolute Gasteiger partial charge is 0.295 e. The molecule has 0 radical (unpaired) electrons. The van der Waals surface area contributed by atoms with Gasteiger partial charge in [0.25, 0.3) is 5.76 Å². The molecule has 0 amide bonds. The summed E-state index contributed by atoms with van der Waals surface area (Å²) in [4.78, 5) is 11.8. The summed E-state index contributed by atoms with van der Waals surface area (Å²) >= 11 is 0.523. The minimum Gasteiger partial charge on any atom is -0.295 e. The molecule has 0 aliphatic rings. The fourth-order valence-corrected chi connectivity index (χ4v) is 2.25. The van der Waals surface area contributed by atoms with Crippen molar-refractivity contribution in [2.24, 2.45) is 0 Å². The molecule has 0 atom stereocenters. The molecule has 0 spiro atoms. The van der Waals surface area contributed by atoms with Crippen LogP contribution in [0.25, 0.3) is 11.1 Å². The van der Waals surface area contributed by atoms with Gasteiger partial charge in [0.15, 0.2) is 5.78 Å². The Morgan fingerprint density at radius 2 is 1.74 bits per heavy atom. The SMILES string of the molecule is CC(=O)c1cccc(-c2ccc(SC(F)F)cc2)c1. The van der Waals surface area contributed by atoms with Gasteiger partial charge in [-0.05, 0) is 36.2 Å². The van der Waals surface area contributed by atoms with Gasteiger partial charge in [-0.2, -0.15) is 8.78 Å². The van der Waals surface area contributed by atoms with Gasteiger partial charge >= 0.3 is 0 Å². The lowest BCUT2D eigenvalue weighted by atomic mass is 10.0. The van der Waals surface area contributed by atoms with Gasteiger partial charge in [-0.15, -0.1) is 0 Å². The second-order valence-electron chi connectivity index (χ2n) is 4.04. The van der Waals surface area contributed by atoms with E-state index in [9.17, 15) is 13.6 Å². The van der Waals surface area contributed by atoms with Crippen molar-refractivity contribution < 1.29 is 13.6 Å². The van der Waals surface area contributed by atoms with Gasteiger partial charge in [0.05, 0.1) is 0 Å². The van der Waals surface area contributed by atoms with Gasteiger partial charge in [0, 0.05) is 10.5 Å². The maximum Gasteiger partial charge on any atom is 0.288 e. The second-order valence-corrected chi connectivity index (χ2v) is 5.10. The Balaban J connectivity index is 2.27. The number of benzene rings is 2. The molecule has 0 heterocycles. The van der Waals surface area contributed by atoms with Crippen LogP contribution in [0.5, 0.6) is 0 Å². The van der Waals surface area contributed by atoms with E-state index in [2.05, 4.69) is 0 Å². The Morgan fingerprint density at radius 1 is 1.05 bits per heavy atom. The first-order valence-corrected chi connectivity index (χ1v) is 6.60. The summed E-state index contributed by atoms with van der Waals surface area (Å²) in [6.45, 7) is 1.52. The number of ketones is 1. The van der Waals surface area contributed by atoms with Gasteiger partial charge in [-0.1, -0.05) is 42.1 Å². The Labute approximate surface area is 114 Å². The van der Waals surface area contributed by atoms with Gasteiger partial charge < -0.3 is 0 Å². The van der Waals surface area contributed by atoms with Crippen LogP contribution in [0.4, 0.5) is 8.78 Å². The normalized spacial score (nSPS) is 10.7. The van der Waals surface area contributed by atoms with Crippen LogP contribution in [0.3, 0.4) is 0 Å². The first-order valence-electron chi connectivity index (χ1n) is 5.72. The van der Waals surface area contributed by atoms with E-state index in [1.807, 2.05) is 12.1 Å². The summed E-state index contributed by atoms with van der Waals surface area (Å²) < 4.78 is 24.4. The van der Waals surface area contributed by atoms with Gasteiger partial charge in [-0.3, -0.25) is 4.79 Å². The molecule has 0 bridgehead atoms. The Bertz CT molecular complexity index is 579. The standard InChI is InChI=1S/C15H12F2OS/c1-10(18)12-3-2-4-13(9-12)11-5-7-14(8-6-11)19-15(16)17/h2-9,15H,1H3. The molecule has 0 aliphatic heterocycles. The van der Waals surface area contributed by atoms with Crippen LogP contribution in [0, 0.1) is 0 Å². The predicted octanol–water partition coefficient (Wildman–Crippen LogP) is 4.87. The third kappa shape index (κ3) is 3.64. The zero-order valence-corrected chi connectivity index (χ0v) is 11.1. The summed E-state index contributed by atoms with van der Waals surface area (Å²) in [6.07, 6.45) is 0. The van der Waals surface area contributed by atoms with Crippen molar-refractivity contribution in [1.82, 2.24) is 0 Å². The van der Waals surface area contributed by atoms with Gasteiger partial charge in [0.1, 0.15) is 0 Å². The molecule has 0 aliphatic carbocycles. The minimum absolute atomic E-state index is 0.00623.